The van der Waals surface area contributed by atoms with Gasteiger partial charge in [0.25, 0.3) is 0 Å². The molecule has 3 heteroatoms. The molecule has 0 aliphatic heterocycles. The Kier molecular flexibility index (Phi) is 7.39. The smallest absolute Gasteiger partial charge is 0.0470 e. The van der Waals surface area contributed by atoms with Gasteiger partial charge in [0.15, 0.2) is 0 Å². The van der Waals surface area contributed by atoms with Crippen LogP contribution in [0.2, 0.25) is 0 Å². The van der Waals surface area contributed by atoms with Crippen LogP contribution < -0.4 is 5.73 Å². The highest BCUT2D eigenvalue weighted by Gasteiger charge is 2.14. The first-order chi connectivity index (χ1) is 6.83. The van der Waals surface area contributed by atoms with E-state index in [1.807, 2.05) is 6.07 Å². The summed E-state index contributed by atoms with van der Waals surface area (Å²) < 4.78 is 0. The van der Waals surface area contributed by atoms with E-state index >= 15 is 0 Å². The Bertz CT molecular complexity index is 247. The number of hydrogen-bond acceptors (Lipinski definition) is 2. The first-order valence-corrected chi connectivity index (χ1v) is 5.32. The van der Waals surface area contributed by atoms with Gasteiger partial charge in [0, 0.05) is 12.6 Å². The lowest BCUT2D eigenvalue weighted by molar-refractivity contribution is 0.224. The van der Waals surface area contributed by atoms with Gasteiger partial charge in [-0.2, -0.15) is 0 Å². The minimum Gasteiger partial charge on any atom is -0.329 e. The molecular weight excluding hydrogens is 208 g/mol. The molecule has 1 rings (SSSR count). The van der Waals surface area contributed by atoms with Crippen molar-refractivity contribution in [2.24, 2.45) is 5.73 Å². The zero-order valence-electron chi connectivity index (χ0n) is 9.52. The van der Waals surface area contributed by atoms with E-state index in [0.29, 0.717) is 12.6 Å². The van der Waals surface area contributed by atoms with E-state index in [1.54, 1.807) is 0 Å². The summed E-state index contributed by atoms with van der Waals surface area (Å²) in [5, 5.41) is 0. The summed E-state index contributed by atoms with van der Waals surface area (Å²) in [5.74, 6) is 0. The molecule has 0 aliphatic carbocycles. The summed E-state index contributed by atoms with van der Waals surface area (Å²) >= 11 is 0. The minimum atomic E-state index is 0. The van der Waals surface area contributed by atoms with Gasteiger partial charge in [0.05, 0.1) is 0 Å². The van der Waals surface area contributed by atoms with Crippen molar-refractivity contribution in [3.63, 3.8) is 0 Å². The Morgan fingerprint density at radius 2 is 1.67 bits per heavy atom. The Morgan fingerprint density at radius 1 is 1.13 bits per heavy atom. The van der Waals surface area contributed by atoms with Crippen molar-refractivity contribution >= 4 is 12.4 Å². The van der Waals surface area contributed by atoms with Crippen LogP contribution in [0.15, 0.2) is 30.3 Å². The van der Waals surface area contributed by atoms with Crippen LogP contribution in [0.5, 0.6) is 0 Å². The average molecular weight is 229 g/mol. The Hall–Kier alpha value is -0.570. The van der Waals surface area contributed by atoms with Crippen LogP contribution in [0.25, 0.3) is 0 Å². The lowest BCUT2D eigenvalue weighted by Gasteiger charge is -2.28. The molecule has 1 aromatic carbocycles. The van der Waals surface area contributed by atoms with Gasteiger partial charge in [-0.25, -0.2) is 0 Å². The van der Waals surface area contributed by atoms with Crippen molar-refractivity contribution in [2.45, 2.75) is 19.9 Å². The molecule has 1 aromatic rings. The fourth-order valence-corrected chi connectivity index (χ4v) is 1.84. The molecule has 0 fully saturated rings. The van der Waals surface area contributed by atoms with E-state index < -0.39 is 0 Å². The zero-order valence-corrected chi connectivity index (χ0v) is 10.3. The van der Waals surface area contributed by atoms with Gasteiger partial charge in [0.2, 0.25) is 0 Å². The summed E-state index contributed by atoms with van der Waals surface area (Å²) in [4.78, 5) is 2.38. The second kappa shape index (κ2) is 7.69. The zero-order chi connectivity index (χ0) is 10.4. The van der Waals surface area contributed by atoms with Crippen molar-refractivity contribution in [3.05, 3.63) is 35.9 Å². The first-order valence-electron chi connectivity index (χ1n) is 5.32. The summed E-state index contributed by atoms with van der Waals surface area (Å²) in [6, 6.07) is 10.8. The monoisotopic (exact) mass is 228 g/mol. The van der Waals surface area contributed by atoms with E-state index in [0.717, 1.165) is 13.1 Å². The van der Waals surface area contributed by atoms with Gasteiger partial charge in [-0.05, 0) is 18.7 Å². The molecule has 0 aliphatic rings. The summed E-state index contributed by atoms with van der Waals surface area (Å²) in [6.07, 6.45) is 0. The predicted molar refractivity (Wildman–Crippen MR) is 68.4 cm³/mol. The molecule has 0 saturated heterocycles. The van der Waals surface area contributed by atoms with Crippen LogP contribution in [0, 0.1) is 0 Å². The maximum absolute atomic E-state index is 5.82. The minimum absolute atomic E-state index is 0. The number of likely N-dealkylation sites (N-methyl/N-ethyl adjacent to an activating group) is 1. The van der Waals surface area contributed by atoms with Crippen molar-refractivity contribution in [2.75, 3.05) is 19.6 Å². The highest BCUT2D eigenvalue weighted by atomic mass is 35.5. The van der Waals surface area contributed by atoms with Crippen LogP contribution >= 0.6 is 12.4 Å². The van der Waals surface area contributed by atoms with E-state index in [4.69, 9.17) is 5.73 Å². The van der Waals surface area contributed by atoms with Crippen molar-refractivity contribution in [3.8, 4) is 0 Å². The molecule has 0 spiro atoms. The van der Waals surface area contributed by atoms with Gasteiger partial charge >= 0.3 is 0 Å². The quantitative estimate of drug-likeness (QED) is 0.839. The third kappa shape index (κ3) is 3.82. The topological polar surface area (TPSA) is 29.3 Å². The largest absolute Gasteiger partial charge is 0.329 e. The number of nitrogens with zero attached hydrogens (tertiary/aromatic N) is 1. The normalized spacial score (nSPS) is 12.3. The molecule has 0 saturated carbocycles. The Labute approximate surface area is 98.9 Å². The maximum Gasteiger partial charge on any atom is 0.0470 e. The molecule has 1 unspecified atom stereocenters. The average Bonchev–Trinajstić information content (AvgIpc) is 2.27. The van der Waals surface area contributed by atoms with E-state index in [-0.39, 0.29) is 12.4 Å². The Balaban J connectivity index is 0.00000196. The second-order valence-corrected chi connectivity index (χ2v) is 3.38. The predicted octanol–water partition coefficient (Wildman–Crippen LogP) is 2.45. The molecule has 2 nitrogen and oxygen atoms in total. The van der Waals surface area contributed by atoms with Gasteiger partial charge in [-0.1, -0.05) is 44.2 Å². The van der Waals surface area contributed by atoms with Crippen LogP contribution in [0.4, 0.5) is 0 Å². The number of halogens is 1. The molecule has 86 valence electrons. The number of hydrogen-bond donors (Lipinski definition) is 1. The van der Waals surface area contributed by atoms with Gasteiger partial charge in [0.1, 0.15) is 0 Å². The van der Waals surface area contributed by atoms with Gasteiger partial charge < -0.3 is 5.73 Å². The molecule has 2 N–H and O–H groups in total. The molecule has 0 aromatic heterocycles. The molecule has 0 amide bonds. The van der Waals surface area contributed by atoms with Crippen LogP contribution in [0.3, 0.4) is 0 Å². The standard InChI is InChI=1S/C12H20N2.ClH/c1-3-14(4-2)12(10-13)11-8-6-5-7-9-11;/h5-9,12H,3-4,10,13H2,1-2H3;1H. The first kappa shape index (κ1) is 14.4. The van der Waals surface area contributed by atoms with E-state index in [9.17, 15) is 0 Å². The lowest BCUT2D eigenvalue weighted by Crippen LogP contribution is -2.33. The molecule has 1 atom stereocenters. The molecule has 0 heterocycles. The van der Waals surface area contributed by atoms with Crippen LogP contribution in [-0.2, 0) is 0 Å². The molecule has 15 heavy (non-hydrogen) atoms. The summed E-state index contributed by atoms with van der Waals surface area (Å²) in [7, 11) is 0. The fourth-order valence-electron chi connectivity index (χ4n) is 1.84. The molecule has 0 radical (unpaired) electrons. The lowest BCUT2D eigenvalue weighted by atomic mass is 10.1. The number of benzene rings is 1. The highest BCUT2D eigenvalue weighted by Crippen LogP contribution is 2.18. The van der Waals surface area contributed by atoms with E-state index in [2.05, 4.69) is 43.0 Å². The fraction of sp³-hybridized carbons (Fsp3) is 0.500. The second-order valence-electron chi connectivity index (χ2n) is 3.38. The summed E-state index contributed by atoms with van der Waals surface area (Å²) in [5.41, 5.74) is 7.13. The van der Waals surface area contributed by atoms with Gasteiger partial charge in [-0.3, -0.25) is 4.90 Å². The number of nitrogens with two attached hydrogens (primary N) is 1. The SMILES string of the molecule is CCN(CC)C(CN)c1ccccc1.Cl. The third-order valence-electron chi connectivity index (χ3n) is 2.66. The number of rotatable bonds is 5. The van der Waals surface area contributed by atoms with Gasteiger partial charge in [-0.15, -0.1) is 12.4 Å². The van der Waals surface area contributed by atoms with E-state index in [1.165, 1.54) is 5.56 Å². The third-order valence-corrected chi connectivity index (χ3v) is 2.66. The van der Waals surface area contributed by atoms with Crippen molar-refractivity contribution < 1.29 is 0 Å². The van der Waals surface area contributed by atoms with Crippen molar-refractivity contribution in [1.29, 1.82) is 0 Å². The Morgan fingerprint density at radius 3 is 2.07 bits per heavy atom. The molecule has 0 bridgehead atoms. The summed E-state index contributed by atoms with van der Waals surface area (Å²) in [6.45, 7) is 7.14. The molecular formula is C12H21ClN2. The maximum atomic E-state index is 5.82. The highest BCUT2D eigenvalue weighted by molar-refractivity contribution is 5.85. The van der Waals surface area contributed by atoms with Crippen molar-refractivity contribution in [1.82, 2.24) is 4.90 Å². The van der Waals surface area contributed by atoms with Crippen LogP contribution in [-0.4, -0.2) is 24.5 Å². The van der Waals surface area contributed by atoms with Crippen LogP contribution in [0.1, 0.15) is 25.5 Å².